The van der Waals surface area contributed by atoms with Gasteiger partial charge >= 0.3 is 6.09 Å². The third-order valence-corrected chi connectivity index (χ3v) is 6.43. The lowest BCUT2D eigenvalue weighted by atomic mass is 9.98. The minimum absolute atomic E-state index is 0.0343. The van der Waals surface area contributed by atoms with Gasteiger partial charge in [0.05, 0.1) is 12.3 Å². The number of benzene rings is 3. The maximum atomic E-state index is 12.9. The van der Waals surface area contributed by atoms with Crippen molar-refractivity contribution >= 4 is 11.8 Å². The molecule has 0 aliphatic heterocycles. The van der Waals surface area contributed by atoms with E-state index in [-0.39, 0.29) is 19.1 Å². The molecule has 5 rings (SSSR count). The molecule has 1 amide bonds. The van der Waals surface area contributed by atoms with Gasteiger partial charge in [0.1, 0.15) is 6.61 Å². The zero-order valence-electron chi connectivity index (χ0n) is 17.1. The number of hydrogen-bond donors (Lipinski definition) is 1. The van der Waals surface area contributed by atoms with Crippen molar-refractivity contribution in [1.82, 2.24) is 0 Å². The van der Waals surface area contributed by atoms with Crippen molar-refractivity contribution in [2.75, 3.05) is 18.6 Å². The Morgan fingerprint density at radius 2 is 1.60 bits per heavy atom. The van der Waals surface area contributed by atoms with Gasteiger partial charge in [0.25, 0.3) is 0 Å². The first-order valence-corrected chi connectivity index (χ1v) is 10.5. The lowest BCUT2D eigenvalue weighted by Crippen LogP contribution is -2.29. The Hall–Kier alpha value is -3.11. The highest BCUT2D eigenvalue weighted by Crippen LogP contribution is 2.44. The van der Waals surface area contributed by atoms with Crippen LogP contribution in [0, 0.1) is 0 Å². The molecule has 0 saturated heterocycles. The molecule has 0 fully saturated rings. The quantitative estimate of drug-likeness (QED) is 0.668. The van der Waals surface area contributed by atoms with Gasteiger partial charge in [0.2, 0.25) is 0 Å². The molecule has 3 aromatic carbocycles. The summed E-state index contributed by atoms with van der Waals surface area (Å²) in [4.78, 5) is 14.4. The number of ether oxygens (including phenoxy) is 1. The first kappa shape index (κ1) is 18.9. The van der Waals surface area contributed by atoms with Crippen LogP contribution in [0.4, 0.5) is 10.5 Å². The standard InChI is InChI=1S/C26H25NO3/c1-27(25-14-18-8-6-7-17(18)13-19(25)15-28)26(29)30-16-24-22-11-4-2-9-20(22)21-10-3-5-12-23(21)24/h2-5,9-14,24,28H,6-8,15-16H2,1H3. The first-order valence-electron chi connectivity index (χ1n) is 10.5. The molecule has 0 bridgehead atoms. The average Bonchev–Trinajstić information content (AvgIpc) is 3.38. The Kier molecular flexibility index (Phi) is 4.80. The molecule has 3 aromatic rings. The number of nitrogens with zero attached hydrogens (tertiary/aromatic N) is 1. The van der Waals surface area contributed by atoms with Crippen LogP contribution in [0.5, 0.6) is 0 Å². The van der Waals surface area contributed by atoms with Crippen molar-refractivity contribution in [3.05, 3.63) is 88.5 Å². The summed E-state index contributed by atoms with van der Waals surface area (Å²) in [5, 5.41) is 9.82. The van der Waals surface area contributed by atoms with E-state index in [9.17, 15) is 9.90 Å². The second-order valence-corrected chi connectivity index (χ2v) is 8.12. The van der Waals surface area contributed by atoms with Crippen molar-refractivity contribution < 1.29 is 14.6 Å². The lowest BCUT2D eigenvalue weighted by Gasteiger charge is -2.22. The van der Waals surface area contributed by atoms with Crippen LogP contribution in [0.2, 0.25) is 0 Å². The van der Waals surface area contributed by atoms with E-state index in [4.69, 9.17) is 4.74 Å². The molecule has 2 aliphatic rings. The molecule has 30 heavy (non-hydrogen) atoms. The van der Waals surface area contributed by atoms with Gasteiger partial charge in [-0.25, -0.2) is 4.79 Å². The molecule has 4 heteroatoms. The zero-order valence-corrected chi connectivity index (χ0v) is 17.1. The van der Waals surface area contributed by atoms with Crippen LogP contribution < -0.4 is 4.90 Å². The van der Waals surface area contributed by atoms with Gasteiger partial charge in [-0.2, -0.15) is 0 Å². The second-order valence-electron chi connectivity index (χ2n) is 8.12. The molecular formula is C26H25NO3. The topological polar surface area (TPSA) is 49.8 Å². The van der Waals surface area contributed by atoms with Gasteiger partial charge in [-0.15, -0.1) is 0 Å². The van der Waals surface area contributed by atoms with Gasteiger partial charge in [-0.05, 0) is 58.7 Å². The molecular weight excluding hydrogens is 374 g/mol. The van der Waals surface area contributed by atoms with E-state index in [1.165, 1.54) is 38.3 Å². The van der Waals surface area contributed by atoms with E-state index in [0.717, 1.165) is 30.5 Å². The normalized spacial score (nSPS) is 14.2. The smallest absolute Gasteiger partial charge is 0.414 e. The van der Waals surface area contributed by atoms with Crippen molar-refractivity contribution in [3.63, 3.8) is 0 Å². The summed E-state index contributed by atoms with van der Waals surface area (Å²) in [5.74, 6) is 0.0343. The van der Waals surface area contributed by atoms with Gasteiger partial charge in [0.15, 0.2) is 0 Å². The SMILES string of the molecule is CN(C(=O)OCC1c2ccccc2-c2ccccc21)c1cc2c(cc1CO)CCC2. The van der Waals surface area contributed by atoms with E-state index >= 15 is 0 Å². The summed E-state index contributed by atoms with van der Waals surface area (Å²) in [5.41, 5.74) is 8.86. The number of aryl methyl sites for hydroxylation is 2. The molecule has 0 atom stereocenters. The van der Waals surface area contributed by atoms with E-state index in [2.05, 4.69) is 24.3 Å². The Balaban J connectivity index is 1.37. The summed E-state index contributed by atoms with van der Waals surface area (Å²) in [6.07, 6.45) is 2.78. The molecule has 0 saturated carbocycles. The average molecular weight is 399 g/mol. The molecule has 0 unspecified atom stereocenters. The Morgan fingerprint density at radius 1 is 1.00 bits per heavy atom. The number of aliphatic hydroxyl groups excluding tert-OH is 1. The highest BCUT2D eigenvalue weighted by Gasteiger charge is 2.30. The maximum Gasteiger partial charge on any atom is 0.414 e. The Morgan fingerprint density at radius 3 is 2.23 bits per heavy atom. The second kappa shape index (κ2) is 7.62. The van der Waals surface area contributed by atoms with E-state index in [1.54, 1.807) is 7.05 Å². The summed E-state index contributed by atoms with van der Waals surface area (Å²) in [6, 6.07) is 20.7. The van der Waals surface area contributed by atoms with Crippen LogP contribution in [0.3, 0.4) is 0 Å². The predicted molar refractivity (Wildman–Crippen MR) is 118 cm³/mol. The van der Waals surface area contributed by atoms with Crippen molar-refractivity contribution in [2.45, 2.75) is 31.8 Å². The number of amides is 1. The number of rotatable bonds is 4. The van der Waals surface area contributed by atoms with Crippen LogP contribution in [0.15, 0.2) is 60.7 Å². The summed E-state index contributed by atoms with van der Waals surface area (Å²) in [6.45, 7) is 0.195. The molecule has 0 heterocycles. The maximum absolute atomic E-state index is 12.9. The fraction of sp³-hybridized carbons (Fsp3) is 0.269. The van der Waals surface area contributed by atoms with Gasteiger partial charge in [-0.1, -0.05) is 54.6 Å². The van der Waals surface area contributed by atoms with Gasteiger partial charge in [-0.3, -0.25) is 4.90 Å². The molecule has 0 spiro atoms. The molecule has 0 aromatic heterocycles. The summed E-state index contributed by atoms with van der Waals surface area (Å²) < 4.78 is 5.78. The predicted octanol–water partition coefficient (Wildman–Crippen LogP) is 5.05. The van der Waals surface area contributed by atoms with Crippen molar-refractivity contribution in [3.8, 4) is 11.1 Å². The monoisotopic (exact) mass is 399 g/mol. The lowest BCUT2D eigenvalue weighted by molar-refractivity contribution is 0.151. The van der Waals surface area contributed by atoms with Gasteiger partial charge in [0, 0.05) is 18.5 Å². The molecule has 152 valence electrons. The molecule has 2 aliphatic carbocycles. The minimum Gasteiger partial charge on any atom is -0.448 e. The van der Waals surface area contributed by atoms with Crippen LogP contribution >= 0.6 is 0 Å². The largest absolute Gasteiger partial charge is 0.448 e. The highest BCUT2D eigenvalue weighted by atomic mass is 16.6. The van der Waals surface area contributed by atoms with E-state index < -0.39 is 6.09 Å². The number of carbonyl (C=O) groups excluding carboxylic acids is 1. The third-order valence-electron chi connectivity index (χ3n) is 6.43. The number of fused-ring (bicyclic) bond motifs is 4. The van der Waals surface area contributed by atoms with Crippen LogP contribution in [0.25, 0.3) is 11.1 Å². The van der Waals surface area contributed by atoms with Crippen LogP contribution in [-0.4, -0.2) is 24.9 Å². The fourth-order valence-electron chi connectivity index (χ4n) is 4.89. The van der Waals surface area contributed by atoms with E-state index in [0.29, 0.717) is 0 Å². The van der Waals surface area contributed by atoms with Gasteiger partial charge < -0.3 is 9.84 Å². The van der Waals surface area contributed by atoms with Crippen molar-refractivity contribution in [1.29, 1.82) is 0 Å². The van der Waals surface area contributed by atoms with Crippen molar-refractivity contribution in [2.24, 2.45) is 0 Å². The fourth-order valence-corrected chi connectivity index (χ4v) is 4.89. The summed E-state index contributed by atoms with van der Waals surface area (Å²) >= 11 is 0. The highest BCUT2D eigenvalue weighted by molar-refractivity contribution is 5.88. The Bertz CT molecular complexity index is 1080. The zero-order chi connectivity index (χ0) is 20.7. The number of aliphatic hydroxyl groups is 1. The molecule has 0 radical (unpaired) electrons. The molecule has 1 N–H and O–H groups in total. The van der Waals surface area contributed by atoms with Crippen LogP contribution in [-0.2, 0) is 24.2 Å². The Labute approximate surface area is 176 Å². The number of carbonyl (C=O) groups is 1. The van der Waals surface area contributed by atoms with Crippen LogP contribution in [0.1, 0.15) is 40.2 Å². The van der Waals surface area contributed by atoms with E-state index in [1.807, 2.05) is 36.4 Å². The number of anilines is 1. The molecule has 4 nitrogen and oxygen atoms in total. The number of hydrogen-bond acceptors (Lipinski definition) is 3. The third kappa shape index (κ3) is 3.08. The first-order chi connectivity index (χ1) is 14.7. The minimum atomic E-state index is -0.399. The summed E-state index contributed by atoms with van der Waals surface area (Å²) in [7, 11) is 1.72.